The number of hydrogen-bond acceptors (Lipinski definition) is 6. The molecule has 0 spiro atoms. The summed E-state index contributed by atoms with van der Waals surface area (Å²) in [6, 6.07) is 16.2. The van der Waals surface area contributed by atoms with Crippen LogP contribution in [0.4, 0.5) is 0 Å². The Hall–Kier alpha value is -2.83. The van der Waals surface area contributed by atoms with Gasteiger partial charge in [-0.15, -0.1) is 0 Å². The Kier molecular flexibility index (Phi) is 6.30. The lowest BCUT2D eigenvalue weighted by Crippen LogP contribution is -2.40. The van der Waals surface area contributed by atoms with Crippen LogP contribution in [0, 0.1) is 11.8 Å². The Bertz CT molecular complexity index is 909. The molecule has 0 heterocycles. The normalized spacial score (nSPS) is 26.5. The van der Waals surface area contributed by atoms with Crippen LogP contribution in [0.15, 0.2) is 66.7 Å². The van der Waals surface area contributed by atoms with E-state index in [1.54, 1.807) is 43.5 Å². The van der Waals surface area contributed by atoms with Crippen LogP contribution >= 0.6 is 0 Å². The quantitative estimate of drug-likeness (QED) is 0.284. The average Bonchev–Trinajstić information content (AvgIpc) is 3.27. The molecule has 0 aliphatic heterocycles. The van der Waals surface area contributed by atoms with Crippen LogP contribution in [0.5, 0.6) is 11.5 Å². The van der Waals surface area contributed by atoms with Gasteiger partial charge in [0.1, 0.15) is 17.6 Å². The fourth-order valence-corrected chi connectivity index (χ4v) is 4.86. The lowest BCUT2D eigenvalue weighted by atomic mass is 9.84. The molecule has 2 fully saturated rings. The Balaban J connectivity index is 1.30. The van der Waals surface area contributed by atoms with E-state index in [1.807, 2.05) is 18.2 Å². The van der Waals surface area contributed by atoms with Crippen molar-refractivity contribution in [2.75, 3.05) is 20.5 Å². The molecule has 164 valence electrons. The highest BCUT2D eigenvalue weighted by atomic mass is 16.7. The zero-order valence-corrected chi connectivity index (χ0v) is 17.7. The molecule has 2 aliphatic carbocycles. The summed E-state index contributed by atoms with van der Waals surface area (Å²) in [7, 11) is 1.61. The van der Waals surface area contributed by atoms with Gasteiger partial charge < -0.3 is 24.1 Å². The molecule has 0 aromatic heterocycles. The van der Waals surface area contributed by atoms with E-state index < -0.39 is 5.60 Å². The molecule has 0 amide bonds. The summed E-state index contributed by atoms with van der Waals surface area (Å²) in [5, 5.41) is 11.5. The second kappa shape index (κ2) is 9.12. The van der Waals surface area contributed by atoms with Crippen molar-refractivity contribution in [3.05, 3.63) is 72.3 Å². The molecular weight excluding hydrogens is 396 g/mol. The van der Waals surface area contributed by atoms with Crippen molar-refractivity contribution in [2.24, 2.45) is 11.8 Å². The average molecular weight is 424 g/mol. The molecule has 6 nitrogen and oxygen atoms in total. The lowest BCUT2D eigenvalue weighted by Gasteiger charge is -2.31. The Morgan fingerprint density at radius 1 is 1.10 bits per heavy atom. The van der Waals surface area contributed by atoms with E-state index in [0.717, 1.165) is 18.6 Å². The highest BCUT2D eigenvalue weighted by Crippen LogP contribution is 2.56. The number of esters is 1. The van der Waals surface area contributed by atoms with Crippen LogP contribution in [0.3, 0.4) is 0 Å². The van der Waals surface area contributed by atoms with Crippen molar-refractivity contribution in [2.45, 2.75) is 31.0 Å². The van der Waals surface area contributed by atoms with Gasteiger partial charge in [0.05, 0.1) is 24.9 Å². The molecule has 31 heavy (non-hydrogen) atoms. The van der Waals surface area contributed by atoms with Gasteiger partial charge in [-0.05, 0) is 67.2 Å². The number of carbonyl (C=O) groups is 1. The monoisotopic (exact) mass is 424 g/mol. The topological polar surface area (TPSA) is 74.2 Å². The SMILES string of the molecule is C=C(COCOc1ccc(OC)cc1)C1(O)[C@@H]2CC[C@H]1[C@@H](OC(=O)c1ccccc1)C2. The van der Waals surface area contributed by atoms with Crippen LogP contribution in [0.1, 0.15) is 29.6 Å². The van der Waals surface area contributed by atoms with Crippen molar-refractivity contribution in [3.63, 3.8) is 0 Å². The predicted octanol–water partition coefficient (Wildman–Crippen LogP) is 3.99. The number of ether oxygens (including phenoxy) is 4. The summed E-state index contributed by atoms with van der Waals surface area (Å²) in [5.74, 6) is 0.922. The molecule has 2 aliphatic rings. The first-order valence-electron chi connectivity index (χ1n) is 10.5. The van der Waals surface area contributed by atoms with Gasteiger partial charge in [-0.25, -0.2) is 4.79 Å². The maximum atomic E-state index is 12.5. The molecule has 0 radical (unpaired) electrons. The molecule has 0 saturated heterocycles. The third-order valence-electron chi connectivity index (χ3n) is 6.46. The van der Waals surface area contributed by atoms with Gasteiger partial charge in [-0.1, -0.05) is 24.8 Å². The van der Waals surface area contributed by atoms with Crippen molar-refractivity contribution < 1.29 is 28.8 Å². The van der Waals surface area contributed by atoms with Crippen molar-refractivity contribution in [3.8, 4) is 11.5 Å². The van der Waals surface area contributed by atoms with Gasteiger partial charge in [0.2, 0.25) is 0 Å². The van der Waals surface area contributed by atoms with Gasteiger partial charge in [0.25, 0.3) is 0 Å². The minimum absolute atomic E-state index is 0.0182. The Labute approximate surface area is 182 Å². The first-order chi connectivity index (χ1) is 15.0. The summed E-state index contributed by atoms with van der Waals surface area (Å²) in [5.41, 5.74) is 0.0464. The first kappa shape index (κ1) is 21.4. The zero-order chi connectivity index (χ0) is 21.8. The lowest BCUT2D eigenvalue weighted by molar-refractivity contribution is -0.0285. The highest BCUT2D eigenvalue weighted by Gasteiger charge is 2.60. The van der Waals surface area contributed by atoms with E-state index in [-0.39, 0.29) is 37.3 Å². The van der Waals surface area contributed by atoms with Crippen LogP contribution < -0.4 is 9.47 Å². The fraction of sp³-hybridized carbons (Fsp3) is 0.400. The number of benzene rings is 2. The maximum Gasteiger partial charge on any atom is 0.338 e. The molecule has 2 bridgehead atoms. The molecule has 1 unspecified atom stereocenters. The second-order valence-electron chi connectivity index (χ2n) is 8.14. The van der Waals surface area contributed by atoms with Gasteiger partial charge in [-0.3, -0.25) is 0 Å². The Morgan fingerprint density at radius 3 is 2.52 bits per heavy atom. The van der Waals surface area contributed by atoms with Crippen molar-refractivity contribution >= 4 is 5.97 Å². The summed E-state index contributed by atoms with van der Waals surface area (Å²) in [4.78, 5) is 12.5. The molecule has 4 atom stereocenters. The number of aliphatic hydroxyl groups is 1. The number of hydrogen-bond donors (Lipinski definition) is 1. The van der Waals surface area contributed by atoms with Crippen LogP contribution in [0.25, 0.3) is 0 Å². The largest absolute Gasteiger partial charge is 0.497 e. The summed E-state index contributed by atoms with van der Waals surface area (Å²) in [6.07, 6.45) is 2.02. The first-order valence-corrected chi connectivity index (χ1v) is 10.5. The number of fused-ring (bicyclic) bond motifs is 2. The molecule has 2 saturated carbocycles. The maximum absolute atomic E-state index is 12.5. The van der Waals surface area contributed by atoms with Gasteiger partial charge in [0, 0.05) is 5.92 Å². The minimum atomic E-state index is -1.08. The van der Waals surface area contributed by atoms with E-state index in [2.05, 4.69) is 6.58 Å². The van der Waals surface area contributed by atoms with Crippen molar-refractivity contribution in [1.29, 1.82) is 0 Å². The van der Waals surface area contributed by atoms with Crippen molar-refractivity contribution in [1.82, 2.24) is 0 Å². The van der Waals surface area contributed by atoms with E-state index in [0.29, 0.717) is 23.3 Å². The highest BCUT2D eigenvalue weighted by molar-refractivity contribution is 5.89. The molecule has 4 rings (SSSR count). The predicted molar refractivity (Wildman–Crippen MR) is 115 cm³/mol. The van der Waals surface area contributed by atoms with Gasteiger partial charge in [-0.2, -0.15) is 0 Å². The fourth-order valence-electron chi connectivity index (χ4n) is 4.86. The van der Waals surface area contributed by atoms with E-state index in [1.165, 1.54) is 0 Å². The summed E-state index contributed by atoms with van der Waals surface area (Å²) >= 11 is 0. The van der Waals surface area contributed by atoms with E-state index >= 15 is 0 Å². The van der Waals surface area contributed by atoms with Crippen LogP contribution in [-0.4, -0.2) is 43.3 Å². The molecule has 6 heteroatoms. The molecule has 2 aromatic carbocycles. The number of methoxy groups -OCH3 is 1. The van der Waals surface area contributed by atoms with Crippen LogP contribution in [-0.2, 0) is 9.47 Å². The van der Waals surface area contributed by atoms with Crippen LogP contribution in [0.2, 0.25) is 0 Å². The molecular formula is C25H28O6. The minimum Gasteiger partial charge on any atom is -0.497 e. The van der Waals surface area contributed by atoms with E-state index in [9.17, 15) is 9.90 Å². The molecule has 1 N–H and O–H groups in total. The van der Waals surface area contributed by atoms with Gasteiger partial charge >= 0.3 is 5.97 Å². The van der Waals surface area contributed by atoms with E-state index in [4.69, 9.17) is 18.9 Å². The zero-order valence-electron chi connectivity index (χ0n) is 17.7. The summed E-state index contributed by atoms with van der Waals surface area (Å²) in [6.45, 7) is 4.33. The smallest absolute Gasteiger partial charge is 0.338 e. The third-order valence-corrected chi connectivity index (χ3v) is 6.46. The summed E-state index contributed by atoms with van der Waals surface area (Å²) < 4.78 is 22.1. The van der Waals surface area contributed by atoms with Gasteiger partial charge in [0.15, 0.2) is 6.79 Å². The molecule has 2 aromatic rings. The number of carbonyl (C=O) groups excluding carboxylic acids is 1. The number of rotatable bonds is 9. The Morgan fingerprint density at radius 2 is 1.81 bits per heavy atom. The second-order valence-corrected chi connectivity index (χ2v) is 8.14. The standard InChI is InChI=1S/C25H28O6/c1-17(15-29-16-30-21-11-9-20(28-2)10-12-21)25(27)19-8-13-22(25)23(14-19)31-24(26)18-6-4-3-5-7-18/h3-7,9-12,19,22-23,27H,1,8,13-16H2,2H3/t19-,22+,23+,25?/m1/s1. The third kappa shape index (κ3) is 4.31.